The van der Waals surface area contributed by atoms with Crippen molar-refractivity contribution in [3.8, 4) is 11.4 Å². The summed E-state index contributed by atoms with van der Waals surface area (Å²) in [6.45, 7) is 0. The van der Waals surface area contributed by atoms with Gasteiger partial charge in [0.25, 0.3) is 11.5 Å². The molecule has 0 atom stereocenters. The van der Waals surface area contributed by atoms with Gasteiger partial charge in [0, 0.05) is 31.2 Å². The second kappa shape index (κ2) is 8.85. The number of imidazole rings is 1. The van der Waals surface area contributed by atoms with Crippen molar-refractivity contribution in [2.75, 3.05) is 12.4 Å². The third kappa shape index (κ3) is 4.49. The highest BCUT2D eigenvalue weighted by Gasteiger charge is 2.07. The second-order valence-electron chi connectivity index (χ2n) is 6.71. The number of carbonyl (C=O) groups is 1. The maximum absolute atomic E-state index is 12.6. The number of hydrogen-bond donors (Lipinski definition) is 1. The average Bonchev–Trinajstić information content (AvgIpc) is 3.40. The van der Waals surface area contributed by atoms with E-state index in [0.717, 1.165) is 11.3 Å². The summed E-state index contributed by atoms with van der Waals surface area (Å²) in [6.07, 6.45) is 8.55. The summed E-state index contributed by atoms with van der Waals surface area (Å²) in [5, 5.41) is 2.79. The number of ether oxygens (including phenoxy) is 1. The fourth-order valence-electron chi connectivity index (χ4n) is 3.04. The first-order chi connectivity index (χ1) is 15.0. The standard InChI is InChI=1S/C23H20N4O3S/c1-26-22(14-21(28)25-18-5-3-4-6-19(18)30-2)31-20(23(26)29)13-16-7-9-17(10-8-16)27-12-11-24-15-27/h3-15H,1-2H3,(H,25,28)/b20-13+,22-14+. The average molecular weight is 433 g/mol. The van der Waals surface area contributed by atoms with Gasteiger partial charge in [-0.15, -0.1) is 11.3 Å². The van der Waals surface area contributed by atoms with Crippen LogP contribution < -0.4 is 24.8 Å². The van der Waals surface area contributed by atoms with Crippen LogP contribution in [0.25, 0.3) is 17.8 Å². The molecular formula is C23H20N4O3S. The molecule has 1 N–H and O–H groups in total. The number of benzene rings is 2. The number of nitrogens with one attached hydrogen (secondary N) is 1. The highest BCUT2D eigenvalue weighted by atomic mass is 32.1. The molecule has 0 aliphatic rings. The van der Waals surface area contributed by atoms with E-state index in [0.29, 0.717) is 20.6 Å². The molecule has 4 rings (SSSR count). The number of carbonyl (C=O) groups excluding carboxylic acids is 1. The van der Waals surface area contributed by atoms with Crippen molar-refractivity contribution in [1.29, 1.82) is 0 Å². The Balaban J connectivity index is 1.62. The zero-order valence-corrected chi connectivity index (χ0v) is 17.8. The lowest BCUT2D eigenvalue weighted by Crippen LogP contribution is -2.29. The summed E-state index contributed by atoms with van der Waals surface area (Å²) in [7, 11) is 3.20. The van der Waals surface area contributed by atoms with E-state index in [1.165, 1.54) is 22.0 Å². The lowest BCUT2D eigenvalue weighted by molar-refractivity contribution is -0.110. The van der Waals surface area contributed by atoms with Crippen LogP contribution in [0.4, 0.5) is 5.69 Å². The predicted octanol–water partition coefficient (Wildman–Crippen LogP) is 1.89. The summed E-state index contributed by atoms with van der Waals surface area (Å²) in [5.74, 6) is 0.232. The first-order valence-electron chi connectivity index (χ1n) is 9.47. The molecule has 0 saturated carbocycles. The molecule has 0 aliphatic heterocycles. The van der Waals surface area contributed by atoms with E-state index in [2.05, 4.69) is 10.3 Å². The van der Waals surface area contributed by atoms with Gasteiger partial charge in [0.2, 0.25) is 0 Å². The molecule has 2 aromatic heterocycles. The second-order valence-corrected chi connectivity index (χ2v) is 7.77. The Hall–Kier alpha value is -3.91. The molecule has 31 heavy (non-hydrogen) atoms. The molecule has 4 aromatic rings. The molecule has 0 radical (unpaired) electrons. The van der Waals surface area contributed by atoms with Gasteiger partial charge in [-0.3, -0.25) is 9.59 Å². The van der Waals surface area contributed by atoms with Gasteiger partial charge in [0.1, 0.15) is 10.4 Å². The molecule has 1 amide bonds. The maximum Gasteiger partial charge on any atom is 0.268 e. The van der Waals surface area contributed by atoms with Crippen LogP contribution in [0.2, 0.25) is 0 Å². The molecule has 0 saturated heterocycles. The van der Waals surface area contributed by atoms with Gasteiger partial charge >= 0.3 is 0 Å². The molecule has 0 aliphatic carbocycles. The van der Waals surface area contributed by atoms with Gasteiger partial charge < -0.3 is 19.2 Å². The summed E-state index contributed by atoms with van der Waals surface area (Å²) in [6, 6.07) is 14.9. The van der Waals surface area contributed by atoms with Gasteiger partial charge in [0.15, 0.2) is 0 Å². The predicted molar refractivity (Wildman–Crippen MR) is 122 cm³/mol. The minimum Gasteiger partial charge on any atom is -0.495 e. The van der Waals surface area contributed by atoms with Crippen molar-refractivity contribution >= 4 is 35.1 Å². The zero-order chi connectivity index (χ0) is 21.8. The van der Waals surface area contributed by atoms with Crippen molar-refractivity contribution < 1.29 is 9.53 Å². The van der Waals surface area contributed by atoms with Crippen molar-refractivity contribution in [1.82, 2.24) is 14.1 Å². The summed E-state index contributed by atoms with van der Waals surface area (Å²) in [4.78, 5) is 29.2. The van der Waals surface area contributed by atoms with Crippen LogP contribution in [0.15, 0.2) is 72.0 Å². The highest BCUT2D eigenvalue weighted by Crippen LogP contribution is 2.22. The van der Waals surface area contributed by atoms with E-state index in [-0.39, 0.29) is 11.5 Å². The van der Waals surface area contributed by atoms with E-state index in [9.17, 15) is 9.59 Å². The van der Waals surface area contributed by atoms with Gasteiger partial charge in [-0.05, 0) is 35.9 Å². The van der Waals surface area contributed by atoms with Crippen LogP contribution >= 0.6 is 11.3 Å². The molecule has 0 unspecified atom stereocenters. The molecule has 156 valence electrons. The van der Waals surface area contributed by atoms with Gasteiger partial charge in [-0.25, -0.2) is 4.98 Å². The van der Waals surface area contributed by atoms with Crippen LogP contribution in [0, 0.1) is 0 Å². The normalized spacial score (nSPS) is 12.2. The number of aromatic nitrogens is 3. The molecule has 0 fully saturated rings. The molecule has 2 aromatic carbocycles. The van der Waals surface area contributed by atoms with Crippen LogP contribution in [-0.4, -0.2) is 27.1 Å². The van der Waals surface area contributed by atoms with E-state index in [4.69, 9.17) is 4.74 Å². The Bertz CT molecular complexity index is 1380. The summed E-state index contributed by atoms with van der Waals surface area (Å²) >= 11 is 1.26. The Morgan fingerprint density at radius 2 is 1.94 bits per heavy atom. The van der Waals surface area contributed by atoms with Crippen molar-refractivity contribution in [2.24, 2.45) is 7.05 Å². The minimum atomic E-state index is -0.336. The molecule has 7 nitrogen and oxygen atoms in total. The number of thiazole rings is 1. The zero-order valence-electron chi connectivity index (χ0n) is 17.0. The van der Waals surface area contributed by atoms with E-state index >= 15 is 0 Å². The Kier molecular flexibility index (Phi) is 5.81. The highest BCUT2D eigenvalue weighted by molar-refractivity contribution is 7.07. The Labute approximate surface area is 182 Å². The number of anilines is 1. The van der Waals surface area contributed by atoms with E-state index in [1.807, 2.05) is 53.2 Å². The number of methoxy groups -OCH3 is 1. The molecule has 0 bridgehead atoms. The Morgan fingerprint density at radius 1 is 1.16 bits per heavy atom. The van der Waals surface area contributed by atoms with Gasteiger partial charge in [-0.1, -0.05) is 24.3 Å². The first-order valence-corrected chi connectivity index (χ1v) is 10.3. The molecular weight excluding hydrogens is 412 g/mol. The third-order valence-electron chi connectivity index (χ3n) is 4.67. The fraction of sp³-hybridized carbons (Fsp3) is 0.0870. The lowest BCUT2D eigenvalue weighted by atomic mass is 10.2. The maximum atomic E-state index is 12.6. The SMILES string of the molecule is COc1ccccc1NC(=O)/C=c1/s/c(=C/c2ccc(-n3ccnc3)cc2)c(=O)n1C. The van der Waals surface area contributed by atoms with Crippen LogP contribution in [0.1, 0.15) is 5.56 Å². The topological polar surface area (TPSA) is 78.2 Å². The minimum absolute atomic E-state index is 0.153. The Morgan fingerprint density at radius 3 is 2.65 bits per heavy atom. The smallest absolute Gasteiger partial charge is 0.268 e. The van der Waals surface area contributed by atoms with Crippen LogP contribution in [0.3, 0.4) is 0 Å². The largest absolute Gasteiger partial charge is 0.495 e. The number of para-hydroxylation sites is 2. The number of amides is 1. The monoisotopic (exact) mass is 432 g/mol. The lowest BCUT2D eigenvalue weighted by Gasteiger charge is -2.07. The molecule has 2 heterocycles. The van der Waals surface area contributed by atoms with E-state index < -0.39 is 0 Å². The third-order valence-corrected chi connectivity index (χ3v) is 5.79. The van der Waals surface area contributed by atoms with Gasteiger partial charge in [0.05, 0.1) is 23.7 Å². The van der Waals surface area contributed by atoms with Crippen molar-refractivity contribution in [2.45, 2.75) is 0 Å². The molecule has 0 spiro atoms. The van der Waals surface area contributed by atoms with Crippen LogP contribution in [0.5, 0.6) is 5.75 Å². The number of nitrogens with zero attached hydrogens (tertiary/aromatic N) is 3. The van der Waals surface area contributed by atoms with Crippen LogP contribution in [-0.2, 0) is 11.8 Å². The number of hydrogen-bond acceptors (Lipinski definition) is 5. The van der Waals surface area contributed by atoms with Crippen molar-refractivity contribution in [3.05, 3.63) is 92.4 Å². The first kappa shape index (κ1) is 20.4. The molecule has 8 heteroatoms. The van der Waals surface area contributed by atoms with E-state index in [1.54, 1.807) is 38.8 Å². The summed E-state index contributed by atoms with van der Waals surface area (Å²) < 4.78 is 9.73. The summed E-state index contributed by atoms with van der Waals surface area (Å²) in [5.41, 5.74) is 2.29. The number of rotatable bonds is 5. The quantitative estimate of drug-likeness (QED) is 0.523. The van der Waals surface area contributed by atoms with Gasteiger partial charge in [-0.2, -0.15) is 0 Å². The van der Waals surface area contributed by atoms with Crippen molar-refractivity contribution in [3.63, 3.8) is 0 Å². The fourth-order valence-corrected chi connectivity index (χ4v) is 4.07.